The molecular weight excluding hydrogens is 219 g/mol. The standard InChI is InChI=1S/C6H5FO4S2/c1-11-6(8)4-2-3-5(12-4)13(7,9)10/h2-3H,1H3. The molecule has 0 aliphatic heterocycles. The molecule has 0 radical (unpaired) electrons. The van der Waals surface area contributed by atoms with Gasteiger partial charge in [0.15, 0.2) is 4.21 Å². The Morgan fingerprint density at radius 2 is 2.15 bits per heavy atom. The van der Waals surface area contributed by atoms with E-state index in [2.05, 4.69) is 4.74 Å². The average molecular weight is 224 g/mol. The van der Waals surface area contributed by atoms with Gasteiger partial charge in [0.05, 0.1) is 7.11 Å². The maximum Gasteiger partial charge on any atom is 0.348 e. The number of ether oxygens (including phenoxy) is 1. The number of carbonyl (C=O) groups is 1. The molecule has 0 N–H and O–H groups in total. The van der Waals surface area contributed by atoms with Gasteiger partial charge in [0.2, 0.25) is 0 Å². The van der Waals surface area contributed by atoms with Crippen LogP contribution in [0, 0.1) is 0 Å². The molecule has 0 atom stereocenters. The molecule has 13 heavy (non-hydrogen) atoms. The molecule has 0 aromatic carbocycles. The molecular formula is C6H5FO4S2. The van der Waals surface area contributed by atoms with Crippen molar-refractivity contribution >= 4 is 27.5 Å². The Morgan fingerprint density at radius 1 is 1.54 bits per heavy atom. The number of methoxy groups -OCH3 is 1. The van der Waals surface area contributed by atoms with E-state index >= 15 is 0 Å². The van der Waals surface area contributed by atoms with E-state index in [-0.39, 0.29) is 4.88 Å². The molecule has 0 saturated carbocycles. The quantitative estimate of drug-likeness (QED) is 0.559. The second-order valence-corrected chi connectivity index (χ2v) is 4.71. The largest absolute Gasteiger partial charge is 0.465 e. The van der Waals surface area contributed by atoms with Crippen LogP contribution < -0.4 is 0 Å². The highest BCUT2D eigenvalue weighted by atomic mass is 32.3. The van der Waals surface area contributed by atoms with Gasteiger partial charge in [-0.25, -0.2) is 4.79 Å². The van der Waals surface area contributed by atoms with Crippen LogP contribution in [0.4, 0.5) is 3.89 Å². The van der Waals surface area contributed by atoms with E-state index in [0.717, 1.165) is 13.2 Å². The van der Waals surface area contributed by atoms with Crippen LogP contribution in [-0.2, 0) is 15.0 Å². The molecule has 1 heterocycles. The smallest absolute Gasteiger partial charge is 0.348 e. The van der Waals surface area contributed by atoms with Crippen LogP contribution in [0.5, 0.6) is 0 Å². The summed E-state index contributed by atoms with van der Waals surface area (Å²) in [5.74, 6) is -0.681. The Morgan fingerprint density at radius 3 is 2.54 bits per heavy atom. The molecule has 0 saturated heterocycles. The average Bonchev–Trinajstić information content (AvgIpc) is 2.50. The lowest BCUT2D eigenvalue weighted by Gasteiger charge is -1.91. The first-order chi connectivity index (χ1) is 5.95. The van der Waals surface area contributed by atoms with E-state index in [1.54, 1.807) is 0 Å². The van der Waals surface area contributed by atoms with Crippen LogP contribution >= 0.6 is 11.3 Å². The lowest BCUT2D eigenvalue weighted by Crippen LogP contribution is -1.96. The van der Waals surface area contributed by atoms with Gasteiger partial charge in [-0.2, -0.15) is 8.42 Å². The van der Waals surface area contributed by atoms with Crippen LogP contribution in [0.15, 0.2) is 16.3 Å². The van der Waals surface area contributed by atoms with Crippen LogP contribution in [0.2, 0.25) is 0 Å². The molecule has 0 aliphatic carbocycles. The predicted molar refractivity (Wildman–Crippen MR) is 44.0 cm³/mol. The summed E-state index contributed by atoms with van der Waals surface area (Å²) in [5, 5.41) is 0. The van der Waals surface area contributed by atoms with Gasteiger partial charge >= 0.3 is 16.2 Å². The zero-order valence-electron chi connectivity index (χ0n) is 6.48. The molecule has 0 fully saturated rings. The van der Waals surface area contributed by atoms with Crippen molar-refractivity contribution < 1.29 is 21.8 Å². The van der Waals surface area contributed by atoms with Crippen molar-refractivity contribution in [3.8, 4) is 0 Å². The maximum absolute atomic E-state index is 12.3. The van der Waals surface area contributed by atoms with Gasteiger partial charge in [-0.15, -0.1) is 11.3 Å². The summed E-state index contributed by atoms with van der Waals surface area (Å²) in [6, 6.07) is 2.22. The fraction of sp³-hybridized carbons (Fsp3) is 0.167. The Hall–Kier alpha value is -0.950. The number of rotatable bonds is 2. The molecule has 1 aromatic heterocycles. The highest BCUT2D eigenvalue weighted by molar-refractivity contribution is 7.88. The van der Waals surface area contributed by atoms with Crippen molar-refractivity contribution in [3.63, 3.8) is 0 Å². The van der Waals surface area contributed by atoms with Crippen LogP contribution in [0.3, 0.4) is 0 Å². The van der Waals surface area contributed by atoms with Crippen LogP contribution in [0.25, 0.3) is 0 Å². The van der Waals surface area contributed by atoms with Crippen LogP contribution in [0.1, 0.15) is 9.67 Å². The Balaban J connectivity index is 3.07. The first-order valence-corrected chi connectivity index (χ1v) is 5.28. The van der Waals surface area contributed by atoms with Crippen molar-refractivity contribution in [3.05, 3.63) is 17.0 Å². The van der Waals surface area contributed by atoms with Crippen LogP contribution in [-0.4, -0.2) is 21.5 Å². The maximum atomic E-state index is 12.3. The first-order valence-electron chi connectivity index (χ1n) is 3.08. The Labute approximate surface area is 78.2 Å². The summed E-state index contributed by atoms with van der Waals surface area (Å²) in [6.45, 7) is 0. The molecule has 4 nitrogen and oxygen atoms in total. The van der Waals surface area contributed by atoms with E-state index in [9.17, 15) is 17.1 Å². The van der Waals surface area contributed by atoms with Gasteiger partial charge in [0.25, 0.3) is 0 Å². The predicted octanol–water partition coefficient (Wildman–Crippen LogP) is 1.19. The third kappa shape index (κ3) is 2.25. The molecule has 0 spiro atoms. The second kappa shape index (κ2) is 3.43. The summed E-state index contributed by atoms with van der Waals surface area (Å²) in [6.07, 6.45) is 0. The zero-order chi connectivity index (χ0) is 10.1. The van der Waals surface area contributed by atoms with Gasteiger partial charge < -0.3 is 4.74 Å². The molecule has 1 rings (SSSR count). The third-order valence-corrected chi connectivity index (χ3v) is 3.53. The summed E-state index contributed by atoms with van der Waals surface area (Å²) in [5.41, 5.74) is 0. The van der Waals surface area contributed by atoms with Gasteiger partial charge in [0.1, 0.15) is 4.88 Å². The van der Waals surface area contributed by atoms with Crippen molar-refractivity contribution in [1.82, 2.24) is 0 Å². The zero-order valence-corrected chi connectivity index (χ0v) is 8.12. The molecule has 0 unspecified atom stereocenters. The molecule has 1 aromatic rings. The summed E-state index contributed by atoms with van der Waals surface area (Å²) in [7, 11) is -3.55. The molecule has 0 bridgehead atoms. The minimum absolute atomic E-state index is 0.0544. The van der Waals surface area contributed by atoms with E-state index in [4.69, 9.17) is 0 Å². The fourth-order valence-electron chi connectivity index (χ4n) is 0.661. The normalized spacial score (nSPS) is 11.2. The molecule has 7 heteroatoms. The number of esters is 1. The van der Waals surface area contributed by atoms with Gasteiger partial charge in [0, 0.05) is 0 Å². The Kier molecular flexibility index (Phi) is 2.67. The minimum atomic E-state index is -4.71. The highest BCUT2D eigenvalue weighted by Crippen LogP contribution is 2.23. The number of carbonyl (C=O) groups excluding carboxylic acids is 1. The summed E-state index contributed by atoms with van der Waals surface area (Å²) in [4.78, 5) is 10.9. The minimum Gasteiger partial charge on any atom is -0.465 e. The van der Waals surface area contributed by atoms with Gasteiger partial charge in [-0.1, -0.05) is 3.89 Å². The van der Waals surface area contributed by atoms with E-state index in [0.29, 0.717) is 11.3 Å². The lowest BCUT2D eigenvalue weighted by atomic mass is 10.5. The van der Waals surface area contributed by atoms with E-state index in [1.165, 1.54) is 6.07 Å². The number of thiophene rings is 1. The van der Waals surface area contributed by atoms with Gasteiger partial charge in [-0.3, -0.25) is 0 Å². The fourth-order valence-corrected chi connectivity index (χ4v) is 2.22. The van der Waals surface area contributed by atoms with Crippen molar-refractivity contribution in [2.75, 3.05) is 7.11 Å². The molecule has 0 aliphatic rings. The number of hydrogen-bond acceptors (Lipinski definition) is 5. The highest BCUT2D eigenvalue weighted by Gasteiger charge is 2.17. The Bertz CT molecular complexity index is 420. The first kappa shape index (κ1) is 10.1. The van der Waals surface area contributed by atoms with E-state index < -0.39 is 20.4 Å². The van der Waals surface area contributed by atoms with Crippen molar-refractivity contribution in [2.24, 2.45) is 0 Å². The second-order valence-electron chi connectivity index (χ2n) is 2.05. The van der Waals surface area contributed by atoms with Crippen molar-refractivity contribution in [2.45, 2.75) is 4.21 Å². The monoisotopic (exact) mass is 224 g/mol. The summed E-state index contributed by atoms with van der Waals surface area (Å²) < 4.78 is 36.9. The molecule has 0 amide bonds. The summed E-state index contributed by atoms with van der Waals surface area (Å²) >= 11 is 0.535. The topological polar surface area (TPSA) is 60.4 Å². The SMILES string of the molecule is COC(=O)c1ccc(S(=O)(=O)F)s1. The third-order valence-electron chi connectivity index (χ3n) is 1.21. The molecule has 72 valence electrons. The van der Waals surface area contributed by atoms with Crippen molar-refractivity contribution in [1.29, 1.82) is 0 Å². The van der Waals surface area contributed by atoms with Gasteiger partial charge in [-0.05, 0) is 12.1 Å². The van der Waals surface area contributed by atoms with E-state index in [1.807, 2.05) is 0 Å². The number of hydrogen-bond donors (Lipinski definition) is 0. The lowest BCUT2D eigenvalue weighted by molar-refractivity contribution is 0.0606. The number of halogens is 1.